The lowest BCUT2D eigenvalue weighted by Gasteiger charge is -2.20. The molecule has 0 aliphatic rings. The molecule has 0 aromatic heterocycles. The molecule has 1 nitrogen and oxygen atoms in total. The maximum absolute atomic E-state index is 6.37. The maximum Gasteiger partial charge on any atom is 0.0449 e. The molecule has 0 saturated carbocycles. The summed E-state index contributed by atoms with van der Waals surface area (Å²) in [6.45, 7) is 7.36. The first kappa shape index (κ1) is 16.5. The Morgan fingerprint density at radius 3 is 2.33 bits per heavy atom. The second-order valence-corrected chi connectivity index (χ2v) is 6.79. The van der Waals surface area contributed by atoms with Gasteiger partial charge in [-0.25, -0.2) is 0 Å². The van der Waals surface area contributed by atoms with Crippen molar-refractivity contribution < 1.29 is 0 Å². The number of nitrogens with one attached hydrogen (secondary N) is 1. The van der Waals surface area contributed by atoms with Crippen molar-refractivity contribution in [2.24, 2.45) is 0 Å². The van der Waals surface area contributed by atoms with Gasteiger partial charge in [0.1, 0.15) is 0 Å². The summed E-state index contributed by atoms with van der Waals surface area (Å²) in [6, 6.07) is 13.1. The van der Waals surface area contributed by atoms with Crippen molar-refractivity contribution in [2.75, 3.05) is 6.54 Å². The monoisotopic (exact) mass is 365 g/mol. The van der Waals surface area contributed by atoms with Crippen molar-refractivity contribution in [3.05, 3.63) is 68.1 Å². The van der Waals surface area contributed by atoms with Crippen molar-refractivity contribution in [1.29, 1.82) is 0 Å². The Labute approximate surface area is 140 Å². The van der Waals surface area contributed by atoms with E-state index in [1.54, 1.807) is 0 Å². The molecule has 1 N–H and O–H groups in total. The Morgan fingerprint density at radius 1 is 1.10 bits per heavy atom. The summed E-state index contributed by atoms with van der Waals surface area (Å²) in [6.07, 6.45) is 0.892. The second-order valence-electron chi connectivity index (χ2n) is 5.47. The highest BCUT2D eigenvalue weighted by atomic mass is 79.9. The molecule has 0 aliphatic heterocycles. The van der Waals surface area contributed by atoms with Crippen LogP contribution in [0.3, 0.4) is 0 Å². The molecule has 0 aliphatic carbocycles. The van der Waals surface area contributed by atoms with E-state index in [2.05, 4.69) is 66.3 Å². The lowest BCUT2D eigenvalue weighted by atomic mass is 9.96. The molecule has 0 saturated heterocycles. The highest BCUT2D eigenvalue weighted by molar-refractivity contribution is 9.10. The van der Waals surface area contributed by atoms with Gasteiger partial charge in [0.05, 0.1) is 0 Å². The molecule has 1 atom stereocenters. The molecule has 0 radical (unpaired) electrons. The van der Waals surface area contributed by atoms with Crippen LogP contribution < -0.4 is 5.32 Å². The van der Waals surface area contributed by atoms with Gasteiger partial charge in [0, 0.05) is 15.5 Å². The number of rotatable bonds is 5. The summed E-state index contributed by atoms with van der Waals surface area (Å²) in [4.78, 5) is 0. The van der Waals surface area contributed by atoms with Crippen LogP contribution in [-0.4, -0.2) is 6.54 Å². The van der Waals surface area contributed by atoms with E-state index in [0.29, 0.717) is 0 Å². The zero-order valence-electron chi connectivity index (χ0n) is 12.7. The first-order valence-electron chi connectivity index (χ1n) is 7.25. The molecule has 0 amide bonds. The van der Waals surface area contributed by atoms with E-state index in [0.717, 1.165) is 22.5 Å². The minimum Gasteiger partial charge on any atom is -0.310 e. The molecular formula is C18H21BrClN. The van der Waals surface area contributed by atoms with Crippen LogP contribution in [0.4, 0.5) is 0 Å². The SMILES string of the molecule is CCNC(Cc1ccc(Br)cc1Cl)c1cc(C)cc(C)c1. The zero-order chi connectivity index (χ0) is 15.4. The van der Waals surface area contributed by atoms with E-state index >= 15 is 0 Å². The molecule has 2 rings (SSSR count). The van der Waals surface area contributed by atoms with Gasteiger partial charge in [0.2, 0.25) is 0 Å². The summed E-state index contributed by atoms with van der Waals surface area (Å²) in [7, 11) is 0. The number of halogens is 2. The average molecular weight is 367 g/mol. The van der Waals surface area contributed by atoms with Crippen LogP contribution in [0.25, 0.3) is 0 Å². The summed E-state index contributed by atoms with van der Waals surface area (Å²) in [5.41, 5.74) is 5.10. The third-order valence-corrected chi connectivity index (χ3v) is 4.38. The summed E-state index contributed by atoms with van der Waals surface area (Å²) >= 11 is 9.82. The van der Waals surface area contributed by atoms with Crippen LogP contribution in [-0.2, 0) is 6.42 Å². The fourth-order valence-corrected chi connectivity index (χ4v) is 3.42. The van der Waals surface area contributed by atoms with Crippen LogP contribution in [0.5, 0.6) is 0 Å². The number of likely N-dealkylation sites (N-methyl/N-ethyl adjacent to an activating group) is 1. The molecule has 112 valence electrons. The minimum absolute atomic E-state index is 0.285. The Morgan fingerprint density at radius 2 is 1.76 bits per heavy atom. The molecule has 21 heavy (non-hydrogen) atoms. The van der Waals surface area contributed by atoms with Crippen molar-refractivity contribution in [3.63, 3.8) is 0 Å². The van der Waals surface area contributed by atoms with Gasteiger partial charge in [-0.05, 0) is 50.1 Å². The predicted octanol–water partition coefficient (Wildman–Crippen LogP) is 5.61. The lowest BCUT2D eigenvalue weighted by molar-refractivity contribution is 0.549. The van der Waals surface area contributed by atoms with Gasteiger partial charge in [-0.1, -0.05) is 69.8 Å². The standard InChI is InChI=1S/C18H21BrClN/c1-4-21-18(15-8-12(2)7-13(3)9-15)10-14-5-6-16(19)11-17(14)20/h5-9,11,18,21H,4,10H2,1-3H3. The van der Waals surface area contributed by atoms with Gasteiger partial charge in [0.25, 0.3) is 0 Å². The molecule has 3 heteroatoms. The van der Waals surface area contributed by atoms with Gasteiger partial charge < -0.3 is 5.32 Å². The van der Waals surface area contributed by atoms with E-state index < -0.39 is 0 Å². The van der Waals surface area contributed by atoms with Crippen LogP contribution in [0.1, 0.15) is 35.2 Å². The van der Waals surface area contributed by atoms with Crippen LogP contribution >= 0.6 is 27.5 Å². The Balaban J connectivity index is 2.30. The largest absolute Gasteiger partial charge is 0.310 e. The molecule has 2 aromatic carbocycles. The first-order valence-corrected chi connectivity index (χ1v) is 8.42. The normalized spacial score (nSPS) is 12.4. The molecule has 2 aromatic rings. The highest BCUT2D eigenvalue weighted by Gasteiger charge is 2.14. The molecule has 0 spiro atoms. The van der Waals surface area contributed by atoms with Gasteiger partial charge in [-0.15, -0.1) is 0 Å². The summed E-state index contributed by atoms with van der Waals surface area (Å²) in [5.74, 6) is 0. The Hall–Kier alpha value is -0.830. The quantitative estimate of drug-likeness (QED) is 0.725. The molecule has 0 fully saturated rings. The van der Waals surface area contributed by atoms with Crippen molar-refractivity contribution in [2.45, 2.75) is 33.2 Å². The maximum atomic E-state index is 6.37. The van der Waals surface area contributed by atoms with Crippen LogP contribution in [0.15, 0.2) is 40.9 Å². The highest BCUT2D eigenvalue weighted by Crippen LogP contribution is 2.27. The fourth-order valence-electron chi connectivity index (χ4n) is 2.67. The Bertz CT molecular complexity index is 604. The lowest BCUT2D eigenvalue weighted by Crippen LogP contribution is -2.23. The van der Waals surface area contributed by atoms with Gasteiger partial charge in [0.15, 0.2) is 0 Å². The van der Waals surface area contributed by atoms with E-state index in [4.69, 9.17) is 11.6 Å². The van der Waals surface area contributed by atoms with Gasteiger partial charge in [-0.2, -0.15) is 0 Å². The third kappa shape index (κ3) is 4.57. The van der Waals surface area contributed by atoms with E-state index in [9.17, 15) is 0 Å². The number of hydrogen-bond acceptors (Lipinski definition) is 1. The summed E-state index contributed by atoms with van der Waals surface area (Å²) in [5, 5.41) is 4.39. The Kier molecular flexibility index (Phi) is 5.86. The van der Waals surface area contributed by atoms with E-state index in [1.165, 1.54) is 22.3 Å². The summed E-state index contributed by atoms with van der Waals surface area (Å²) < 4.78 is 1.02. The number of benzene rings is 2. The topological polar surface area (TPSA) is 12.0 Å². The number of hydrogen-bond donors (Lipinski definition) is 1. The van der Waals surface area contributed by atoms with Crippen molar-refractivity contribution >= 4 is 27.5 Å². The van der Waals surface area contributed by atoms with Gasteiger partial charge >= 0.3 is 0 Å². The average Bonchev–Trinajstić information content (AvgIpc) is 2.40. The smallest absolute Gasteiger partial charge is 0.0449 e. The van der Waals surface area contributed by atoms with Crippen LogP contribution in [0.2, 0.25) is 5.02 Å². The minimum atomic E-state index is 0.285. The van der Waals surface area contributed by atoms with E-state index in [1.807, 2.05) is 12.1 Å². The molecule has 0 heterocycles. The van der Waals surface area contributed by atoms with Crippen molar-refractivity contribution in [3.8, 4) is 0 Å². The third-order valence-electron chi connectivity index (χ3n) is 3.54. The molecule has 1 unspecified atom stereocenters. The fraction of sp³-hybridized carbons (Fsp3) is 0.333. The molecule has 0 bridgehead atoms. The van der Waals surface area contributed by atoms with E-state index in [-0.39, 0.29) is 6.04 Å². The predicted molar refractivity (Wildman–Crippen MR) is 95.2 cm³/mol. The van der Waals surface area contributed by atoms with Gasteiger partial charge in [-0.3, -0.25) is 0 Å². The second kappa shape index (κ2) is 7.44. The molecular weight excluding hydrogens is 346 g/mol. The van der Waals surface area contributed by atoms with Crippen LogP contribution in [0, 0.1) is 13.8 Å². The number of aryl methyl sites for hydroxylation is 2. The van der Waals surface area contributed by atoms with Crippen molar-refractivity contribution in [1.82, 2.24) is 5.32 Å². The zero-order valence-corrected chi connectivity index (χ0v) is 15.1. The first-order chi connectivity index (χ1) is 9.99.